The van der Waals surface area contributed by atoms with Gasteiger partial charge in [0.25, 0.3) is 0 Å². The maximum Gasteiger partial charge on any atom is 0.308 e. The second kappa shape index (κ2) is 9.92. The number of hydrogen-bond acceptors (Lipinski definition) is 4. The first-order chi connectivity index (χ1) is 19.1. The molecule has 0 aromatic heterocycles. The molecule has 1 aliphatic rings. The molecule has 4 nitrogen and oxygen atoms in total. The molecule has 1 aliphatic carbocycles. The molecule has 0 heterocycles. The number of halogens is 1. The van der Waals surface area contributed by atoms with Crippen molar-refractivity contribution in [3.05, 3.63) is 124 Å². The van der Waals surface area contributed by atoms with Crippen molar-refractivity contribution in [2.24, 2.45) is 0 Å². The fraction of sp³-hybridized carbons (Fsp3) is 0.147. The summed E-state index contributed by atoms with van der Waals surface area (Å²) < 4.78 is 32.8. The zero-order chi connectivity index (χ0) is 28.2. The summed E-state index contributed by atoms with van der Waals surface area (Å²) in [5, 5.41) is 4.40. The molecule has 5 aromatic rings. The minimum Gasteiger partial charge on any atom is -0.426 e. The van der Waals surface area contributed by atoms with Gasteiger partial charge in [0.2, 0.25) is 0 Å². The summed E-state index contributed by atoms with van der Waals surface area (Å²) in [7, 11) is -3.61. The van der Waals surface area contributed by atoms with Gasteiger partial charge in [0.15, 0.2) is 9.84 Å². The second-order valence-corrected chi connectivity index (χ2v) is 12.9. The van der Waals surface area contributed by atoms with Crippen LogP contribution in [0, 0.1) is 6.92 Å². The summed E-state index contributed by atoms with van der Waals surface area (Å²) in [6.45, 7) is 5.32. The van der Waals surface area contributed by atoms with E-state index in [2.05, 4.69) is 36.4 Å². The van der Waals surface area contributed by atoms with Crippen LogP contribution in [0.1, 0.15) is 42.0 Å². The Kier molecular flexibility index (Phi) is 6.52. The number of fused-ring (bicyclic) bond motifs is 3. The van der Waals surface area contributed by atoms with Crippen LogP contribution in [0.15, 0.2) is 101 Å². The highest BCUT2D eigenvalue weighted by Crippen LogP contribution is 2.57. The van der Waals surface area contributed by atoms with Gasteiger partial charge in [0.05, 0.1) is 10.6 Å². The normalized spacial score (nSPS) is 15.9. The molecule has 0 fully saturated rings. The van der Waals surface area contributed by atoms with Crippen molar-refractivity contribution in [2.45, 2.75) is 31.6 Å². The largest absolute Gasteiger partial charge is 0.426 e. The van der Waals surface area contributed by atoms with Crippen molar-refractivity contribution in [3.63, 3.8) is 0 Å². The van der Waals surface area contributed by atoms with E-state index < -0.39 is 15.8 Å². The maximum absolute atomic E-state index is 13.4. The van der Waals surface area contributed by atoms with E-state index in [4.69, 9.17) is 16.3 Å². The van der Waals surface area contributed by atoms with Gasteiger partial charge in [-0.1, -0.05) is 71.3 Å². The molecule has 1 unspecified atom stereocenters. The number of benzene rings is 5. The quantitative estimate of drug-likeness (QED) is 0.122. The molecule has 0 saturated carbocycles. The van der Waals surface area contributed by atoms with Crippen LogP contribution < -0.4 is 4.74 Å². The average Bonchev–Trinajstić information content (AvgIpc) is 2.90. The van der Waals surface area contributed by atoms with E-state index >= 15 is 0 Å². The summed E-state index contributed by atoms with van der Waals surface area (Å²) >= 11 is 6.00. The second-order valence-electron chi connectivity index (χ2n) is 10.4. The van der Waals surface area contributed by atoms with E-state index in [0.29, 0.717) is 10.8 Å². The summed E-state index contributed by atoms with van der Waals surface area (Å²) in [6, 6.07) is 28.8. The number of hydrogen-bond donors (Lipinski definition) is 0. The maximum atomic E-state index is 13.4. The highest BCUT2D eigenvalue weighted by molar-refractivity contribution is 7.91. The highest BCUT2D eigenvalue weighted by Gasteiger charge is 2.40. The number of carbonyl (C=O) groups excluding carboxylic acids is 1. The van der Waals surface area contributed by atoms with E-state index in [9.17, 15) is 13.2 Å². The van der Waals surface area contributed by atoms with Gasteiger partial charge in [-0.25, -0.2) is 8.42 Å². The van der Waals surface area contributed by atoms with Crippen LogP contribution in [0.2, 0.25) is 5.02 Å². The predicted octanol–water partition coefficient (Wildman–Crippen LogP) is 8.27. The molecule has 0 spiro atoms. The van der Waals surface area contributed by atoms with Gasteiger partial charge >= 0.3 is 5.97 Å². The Morgan fingerprint density at radius 2 is 1.50 bits per heavy atom. The Morgan fingerprint density at radius 3 is 2.15 bits per heavy atom. The molecule has 0 aliphatic heterocycles. The molecule has 6 heteroatoms. The predicted molar refractivity (Wildman–Crippen MR) is 162 cm³/mol. The van der Waals surface area contributed by atoms with Gasteiger partial charge in [0.1, 0.15) is 5.75 Å². The zero-order valence-electron chi connectivity index (χ0n) is 22.4. The topological polar surface area (TPSA) is 60.4 Å². The molecule has 0 amide bonds. The van der Waals surface area contributed by atoms with E-state index in [1.165, 1.54) is 6.92 Å². The molecule has 0 N–H and O–H groups in total. The molecule has 0 radical (unpaired) electrons. The minimum absolute atomic E-state index is 0.135. The number of sulfone groups is 1. The van der Waals surface area contributed by atoms with Crippen molar-refractivity contribution in [1.29, 1.82) is 0 Å². The summed E-state index contributed by atoms with van der Waals surface area (Å²) in [5.41, 5.74) is 5.65. The molecule has 1 atom stereocenters. The van der Waals surface area contributed by atoms with Crippen LogP contribution in [0.5, 0.6) is 5.75 Å². The van der Waals surface area contributed by atoms with Crippen LogP contribution >= 0.6 is 11.6 Å². The first-order valence-corrected chi connectivity index (χ1v) is 15.1. The van der Waals surface area contributed by atoms with Crippen molar-refractivity contribution < 1.29 is 17.9 Å². The lowest BCUT2D eigenvalue weighted by atomic mass is 9.66. The van der Waals surface area contributed by atoms with E-state index in [1.54, 1.807) is 24.3 Å². The van der Waals surface area contributed by atoms with Gasteiger partial charge in [-0.3, -0.25) is 4.79 Å². The van der Waals surface area contributed by atoms with E-state index in [1.807, 2.05) is 44.2 Å². The molecule has 0 bridgehead atoms. The first-order valence-electron chi connectivity index (χ1n) is 13.0. The summed E-state index contributed by atoms with van der Waals surface area (Å²) in [5.74, 6) is -0.232. The van der Waals surface area contributed by atoms with Crippen molar-refractivity contribution in [3.8, 4) is 5.75 Å². The average molecular weight is 567 g/mol. The van der Waals surface area contributed by atoms with E-state index in [0.717, 1.165) is 54.9 Å². The lowest BCUT2D eigenvalue weighted by Gasteiger charge is -2.38. The first kappa shape index (κ1) is 26.3. The smallest absolute Gasteiger partial charge is 0.308 e. The fourth-order valence-electron chi connectivity index (χ4n) is 5.72. The number of esters is 1. The lowest BCUT2D eigenvalue weighted by molar-refractivity contribution is -0.131. The Balaban J connectivity index is 1.60. The Labute approximate surface area is 238 Å². The van der Waals surface area contributed by atoms with Gasteiger partial charge in [-0.2, -0.15) is 0 Å². The molecular weight excluding hydrogens is 540 g/mol. The van der Waals surface area contributed by atoms with E-state index in [-0.39, 0.29) is 16.6 Å². The van der Waals surface area contributed by atoms with Crippen LogP contribution in [0.25, 0.3) is 27.1 Å². The number of allylic oxidation sites excluding steroid dienone is 1. The Bertz CT molecular complexity index is 1950. The molecule has 40 heavy (non-hydrogen) atoms. The van der Waals surface area contributed by atoms with Gasteiger partial charge in [-0.15, -0.1) is 0 Å². The van der Waals surface area contributed by atoms with Crippen LogP contribution in [0.4, 0.5) is 0 Å². The molecule has 6 rings (SSSR count). The summed E-state index contributed by atoms with van der Waals surface area (Å²) in [6.07, 6.45) is 0. The number of aryl methyl sites for hydroxylation is 1. The third-order valence-corrected chi connectivity index (χ3v) is 9.62. The zero-order valence-corrected chi connectivity index (χ0v) is 23.9. The fourth-order valence-corrected chi connectivity index (χ4v) is 7.29. The van der Waals surface area contributed by atoms with Crippen molar-refractivity contribution >= 4 is 54.5 Å². The van der Waals surface area contributed by atoms with Crippen molar-refractivity contribution in [2.75, 3.05) is 5.75 Å². The molecular formula is C34H27ClO4S. The number of ether oxygens (including phenoxy) is 1. The van der Waals surface area contributed by atoms with Gasteiger partial charge in [-0.05, 0) is 89.2 Å². The third-order valence-electron chi connectivity index (χ3n) is 7.56. The molecule has 0 saturated heterocycles. The molecule has 200 valence electrons. The highest BCUT2D eigenvalue weighted by atomic mass is 35.5. The van der Waals surface area contributed by atoms with Gasteiger partial charge < -0.3 is 4.74 Å². The van der Waals surface area contributed by atoms with Crippen molar-refractivity contribution in [1.82, 2.24) is 0 Å². The lowest BCUT2D eigenvalue weighted by Crippen LogP contribution is -2.23. The Morgan fingerprint density at radius 1 is 0.850 bits per heavy atom. The van der Waals surface area contributed by atoms with Gasteiger partial charge in [0, 0.05) is 28.8 Å². The van der Waals surface area contributed by atoms with Crippen LogP contribution in [-0.2, 0) is 14.6 Å². The SMILES string of the molecule is CC(=O)Oc1c2c(cc3cc4ccccc4cc13)/C(=C(\C)CS(=O)(=O)c1ccc(Cl)cc1)C2c1ccc(C)cc1. The Hall–Kier alpha value is -3.93. The summed E-state index contributed by atoms with van der Waals surface area (Å²) in [4.78, 5) is 12.6. The van der Waals surface area contributed by atoms with Crippen LogP contribution in [-0.4, -0.2) is 20.1 Å². The molecule has 5 aromatic carbocycles. The number of carbonyl (C=O) groups is 1. The monoisotopic (exact) mass is 566 g/mol. The minimum atomic E-state index is -3.61. The number of rotatable bonds is 5. The third kappa shape index (κ3) is 4.59. The standard InChI is InChI=1S/C34H27ClO4S/c1-20-8-10-23(11-9-20)32-31(21(2)19-40(37,38)28-14-12-27(35)13-15-28)30-18-26-16-24-6-4-5-7-25(24)17-29(26)34(33(30)32)39-22(3)36/h4-18,32H,19H2,1-3H3/b31-21-. The van der Waals surface area contributed by atoms with Crippen LogP contribution in [0.3, 0.4) is 0 Å².